The Bertz CT molecular complexity index is 963. The zero-order valence-electron chi connectivity index (χ0n) is 15.1. The van der Waals surface area contributed by atoms with Crippen LogP contribution in [0, 0.1) is 0 Å². The summed E-state index contributed by atoms with van der Waals surface area (Å²) < 4.78 is 26.5. The fraction of sp³-hybridized carbons (Fsp3) is 0.333. The van der Waals surface area contributed by atoms with Crippen molar-refractivity contribution in [3.63, 3.8) is 0 Å². The van der Waals surface area contributed by atoms with Gasteiger partial charge in [-0.05, 0) is 50.1 Å². The molecule has 0 spiro atoms. The smallest absolute Gasteiger partial charge is 0.244 e. The summed E-state index contributed by atoms with van der Waals surface area (Å²) in [6.07, 6.45) is 3.10. The van der Waals surface area contributed by atoms with E-state index in [0.717, 1.165) is 12.8 Å². The van der Waals surface area contributed by atoms with Crippen LogP contribution in [0.25, 0.3) is 0 Å². The Kier molecular flexibility index (Phi) is 6.88. The second kappa shape index (κ2) is 9.00. The molecule has 28 heavy (non-hydrogen) atoms. The molecule has 2 heterocycles. The summed E-state index contributed by atoms with van der Waals surface area (Å²) in [5.74, 6) is -0.260. The highest BCUT2D eigenvalue weighted by Crippen LogP contribution is 2.28. The zero-order chi connectivity index (χ0) is 20.3. The van der Waals surface area contributed by atoms with E-state index >= 15 is 0 Å². The van der Waals surface area contributed by atoms with E-state index in [4.69, 9.17) is 23.2 Å². The first-order valence-corrected chi connectivity index (χ1v) is 11.7. The van der Waals surface area contributed by atoms with Gasteiger partial charge in [-0.25, -0.2) is 13.4 Å². The number of rotatable bonds is 6. The molecule has 1 amide bonds. The van der Waals surface area contributed by atoms with Gasteiger partial charge in [-0.3, -0.25) is 4.79 Å². The number of hydrogen-bond acceptors (Lipinski definition) is 5. The topological polar surface area (TPSA) is 79.4 Å². The second-order valence-electron chi connectivity index (χ2n) is 6.32. The molecule has 1 aliphatic heterocycles. The molecule has 0 saturated carbocycles. The van der Waals surface area contributed by atoms with Gasteiger partial charge in [0.05, 0.1) is 21.0 Å². The standard InChI is InChI=1S/C18H19Cl2N3O3S2/c1-12(18(24)22-16-10-13(19)4-6-15(16)20)27-17-7-5-14(11-21-17)28(25,26)23-8-2-3-9-23/h4-7,10-12H,2-3,8-9H2,1H3,(H,22,24). The molecule has 1 aromatic heterocycles. The summed E-state index contributed by atoms with van der Waals surface area (Å²) in [7, 11) is -3.49. The third-order valence-electron chi connectivity index (χ3n) is 4.27. The van der Waals surface area contributed by atoms with Gasteiger partial charge < -0.3 is 5.32 Å². The Balaban J connectivity index is 1.64. The predicted molar refractivity (Wildman–Crippen MR) is 113 cm³/mol. The lowest BCUT2D eigenvalue weighted by molar-refractivity contribution is -0.115. The first kappa shape index (κ1) is 21.4. The minimum Gasteiger partial charge on any atom is -0.324 e. The summed E-state index contributed by atoms with van der Waals surface area (Å²) >= 11 is 13.2. The van der Waals surface area contributed by atoms with Crippen molar-refractivity contribution in [3.8, 4) is 0 Å². The molecule has 0 radical (unpaired) electrons. The van der Waals surface area contributed by atoms with Crippen LogP contribution in [0.2, 0.25) is 10.0 Å². The van der Waals surface area contributed by atoms with Crippen LogP contribution in [-0.4, -0.2) is 42.0 Å². The maximum Gasteiger partial charge on any atom is 0.244 e. The lowest BCUT2D eigenvalue weighted by Crippen LogP contribution is -2.28. The molecule has 10 heteroatoms. The van der Waals surface area contributed by atoms with Crippen LogP contribution in [0.15, 0.2) is 46.5 Å². The highest BCUT2D eigenvalue weighted by atomic mass is 35.5. The summed E-state index contributed by atoms with van der Waals surface area (Å²) in [6, 6.07) is 7.97. The molecule has 0 bridgehead atoms. The molecule has 3 rings (SSSR count). The maximum absolute atomic E-state index is 12.5. The summed E-state index contributed by atoms with van der Waals surface area (Å²) in [5, 5.41) is 3.69. The molecular weight excluding hydrogens is 441 g/mol. The van der Waals surface area contributed by atoms with Crippen LogP contribution in [0.3, 0.4) is 0 Å². The van der Waals surface area contributed by atoms with Crippen LogP contribution in [0.1, 0.15) is 19.8 Å². The van der Waals surface area contributed by atoms with Crippen molar-refractivity contribution >= 4 is 56.6 Å². The number of pyridine rings is 1. The van der Waals surface area contributed by atoms with Gasteiger partial charge in [-0.15, -0.1) is 0 Å². The number of hydrogen-bond donors (Lipinski definition) is 1. The zero-order valence-corrected chi connectivity index (χ0v) is 18.2. The van der Waals surface area contributed by atoms with Crippen molar-refractivity contribution in [2.24, 2.45) is 0 Å². The van der Waals surface area contributed by atoms with Crippen molar-refractivity contribution in [1.29, 1.82) is 0 Å². The number of sulfonamides is 1. The van der Waals surface area contributed by atoms with E-state index in [1.54, 1.807) is 31.2 Å². The molecule has 1 aromatic carbocycles. The highest BCUT2D eigenvalue weighted by Gasteiger charge is 2.27. The number of carbonyl (C=O) groups is 1. The van der Waals surface area contributed by atoms with Crippen molar-refractivity contribution < 1.29 is 13.2 Å². The number of amides is 1. The molecule has 2 aromatic rings. The number of halogens is 2. The van der Waals surface area contributed by atoms with Gasteiger partial charge in [0.2, 0.25) is 15.9 Å². The number of carbonyl (C=O) groups excluding carboxylic acids is 1. The van der Waals surface area contributed by atoms with E-state index < -0.39 is 15.3 Å². The summed E-state index contributed by atoms with van der Waals surface area (Å²) in [5.41, 5.74) is 0.437. The summed E-state index contributed by atoms with van der Waals surface area (Å²) in [6.45, 7) is 2.82. The van der Waals surface area contributed by atoms with E-state index in [1.807, 2.05) is 0 Å². The monoisotopic (exact) mass is 459 g/mol. The average Bonchev–Trinajstić information content (AvgIpc) is 3.21. The number of nitrogens with one attached hydrogen (secondary N) is 1. The first-order chi connectivity index (χ1) is 13.3. The van der Waals surface area contributed by atoms with E-state index in [1.165, 1.54) is 28.3 Å². The fourth-order valence-electron chi connectivity index (χ4n) is 2.73. The number of thioether (sulfide) groups is 1. The number of benzene rings is 1. The minimum atomic E-state index is -3.49. The van der Waals surface area contributed by atoms with Crippen LogP contribution in [0.5, 0.6) is 0 Å². The van der Waals surface area contributed by atoms with Gasteiger partial charge >= 0.3 is 0 Å². The fourth-order valence-corrected chi connectivity index (χ4v) is 5.32. The van der Waals surface area contributed by atoms with Gasteiger partial charge in [0.1, 0.15) is 4.90 Å². The van der Waals surface area contributed by atoms with Gasteiger partial charge in [-0.2, -0.15) is 4.31 Å². The van der Waals surface area contributed by atoms with Crippen LogP contribution < -0.4 is 5.32 Å². The Morgan fingerprint density at radius 3 is 2.57 bits per heavy atom. The molecule has 1 fully saturated rings. The normalized spacial score (nSPS) is 16.1. The van der Waals surface area contributed by atoms with Gasteiger partial charge in [-0.1, -0.05) is 35.0 Å². The Hall–Kier alpha value is -1.32. The molecule has 1 aliphatic rings. The molecule has 150 valence electrons. The quantitative estimate of drug-likeness (QED) is 0.651. The van der Waals surface area contributed by atoms with Gasteiger partial charge in [0.15, 0.2) is 0 Å². The van der Waals surface area contributed by atoms with Crippen LogP contribution >= 0.6 is 35.0 Å². The van der Waals surface area contributed by atoms with E-state index in [2.05, 4.69) is 10.3 Å². The second-order valence-corrected chi connectivity index (χ2v) is 10.5. The Morgan fingerprint density at radius 1 is 1.21 bits per heavy atom. The van der Waals surface area contributed by atoms with E-state index in [9.17, 15) is 13.2 Å². The van der Waals surface area contributed by atoms with Crippen molar-refractivity contribution in [1.82, 2.24) is 9.29 Å². The third-order valence-corrected chi connectivity index (χ3v) is 7.76. The number of nitrogens with zero attached hydrogens (tertiary/aromatic N) is 2. The molecule has 0 aliphatic carbocycles. The number of anilines is 1. The van der Waals surface area contributed by atoms with Crippen molar-refractivity contribution in [2.75, 3.05) is 18.4 Å². The maximum atomic E-state index is 12.5. The van der Waals surface area contributed by atoms with Crippen molar-refractivity contribution in [2.45, 2.75) is 34.9 Å². The lowest BCUT2D eigenvalue weighted by atomic mass is 10.3. The van der Waals surface area contributed by atoms with Crippen molar-refractivity contribution in [3.05, 3.63) is 46.6 Å². The molecular formula is C18H19Cl2N3O3S2. The van der Waals surface area contributed by atoms with E-state index in [0.29, 0.717) is 33.8 Å². The van der Waals surface area contributed by atoms with E-state index in [-0.39, 0.29) is 10.8 Å². The third kappa shape index (κ3) is 4.99. The lowest BCUT2D eigenvalue weighted by Gasteiger charge is -2.16. The molecule has 1 atom stereocenters. The SMILES string of the molecule is CC(Sc1ccc(S(=O)(=O)N2CCCC2)cn1)C(=O)Nc1cc(Cl)ccc1Cl. The summed E-state index contributed by atoms with van der Waals surface area (Å²) in [4.78, 5) is 16.8. The van der Waals surface area contributed by atoms with Crippen LogP contribution in [0.4, 0.5) is 5.69 Å². The molecule has 6 nitrogen and oxygen atoms in total. The first-order valence-electron chi connectivity index (χ1n) is 8.66. The Labute approximate surface area is 178 Å². The Morgan fingerprint density at radius 2 is 1.93 bits per heavy atom. The predicted octanol–water partition coefficient (Wildman–Crippen LogP) is 4.29. The average molecular weight is 460 g/mol. The number of aromatic nitrogens is 1. The minimum absolute atomic E-state index is 0.168. The van der Waals surface area contributed by atoms with Crippen LogP contribution in [-0.2, 0) is 14.8 Å². The largest absolute Gasteiger partial charge is 0.324 e. The van der Waals surface area contributed by atoms with Gasteiger partial charge in [0.25, 0.3) is 0 Å². The van der Waals surface area contributed by atoms with Gasteiger partial charge in [0, 0.05) is 24.3 Å². The highest BCUT2D eigenvalue weighted by molar-refractivity contribution is 8.00. The molecule has 1 saturated heterocycles. The molecule has 1 unspecified atom stereocenters. The molecule has 1 N–H and O–H groups in total.